The Kier molecular flexibility index (Phi) is 4.59. The average Bonchev–Trinajstić information content (AvgIpc) is 3.20. The van der Waals surface area contributed by atoms with Crippen LogP contribution in [0.15, 0.2) is 65.1 Å². The first kappa shape index (κ1) is 18.2. The summed E-state index contributed by atoms with van der Waals surface area (Å²) in [5.41, 5.74) is 5.17. The minimum absolute atomic E-state index is 0.162. The van der Waals surface area contributed by atoms with Gasteiger partial charge in [0.05, 0.1) is 0 Å². The molecule has 0 unspecified atom stereocenters. The predicted molar refractivity (Wildman–Crippen MR) is 113 cm³/mol. The Morgan fingerprint density at radius 2 is 1.77 bits per heavy atom. The summed E-state index contributed by atoms with van der Waals surface area (Å²) in [5, 5.41) is 2.93. The fraction of sp³-hybridized carbons (Fsp3) is 0.167. The van der Waals surface area contributed by atoms with Crippen LogP contribution in [0, 0.1) is 6.92 Å². The number of aromatic nitrogens is 1. The number of nitrogens with zero attached hydrogens (tertiary/aromatic N) is 1. The van der Waals surface area contributed by atoms with Crippen LogP contribution in [0.25, 0.3) is 22.6 Å². The summed E-state index contributed by atoms with van der Waals surface area (Å²) in [5.74, 6) is 1.70. The zero-order valence-electron chi connectivity index (χ0n) is 16.5. The molecule has 1 amide bonds. The van der Waals surface area contributed by atoms with Crippen LogP contribution in [0.5, 0.6) is 11.5 Å². The number of nitrogens with one attached hydrogen (secondary N) is 1. The van der Waals surface area contributed by atoms with E-state index in [9.17, 15) is 4.79 Å². The van der Waals surface area contributed by atoms with E-state index >= 15 is 0 Å². The van der Waals surface area contributed by atoms with E-state index in [-0.39, 0.29) is 5.91 Å². The SMILES string of the molecule is Cc1ccc2nc(-c3ccc(CNC(=O)c4ccc5c(c4)OCCO5)cc3)oc2c1. The Morgan fingerprint density at radius 3 is 2.60 bits per heavy atom. The molecule has 6 heteroatoms. The number of hydrogen-bond donors (Lipinski definition) is 1. The Bertz CT molecular complexity index is 1230. The molecule has 0 saturated heterocycles. The summed E-state index contributed by atoms with van der Waals surface area (Å²) < 4.78 is 16.9. The number of amides is 1. The van der Waals surface area contributed by atoms with Crippen molar-refractivity contribution in [3.05, 3.63) is 77.4 Å². The lowest BCUT2D eigenvalue weighted by atomic mass is 10.1. The Morgan fingerprint density at radius 1 is 0.967 bits per heavy atom. The number of rotatable bonds is 4. The van der Waals surface area contributed by atoms with E-state index in [1.807, 2.05) is 49.4 Å². The lowest BCUT2D eigenvalue weighted by Crippen LogP contribution is -2.23. The molecule has 1 aliphatic rings. The highest BCUT2D eigenvalue weighted by molar-refractivity contribution is 5.94. The summed E-state index contributed by atoms with van der Waals surface area (Å²) in [7, 11) is 0. The van der Waals surface area contributed by atoms with Gasteiger partial charge in [-0.25, -0.2) is 4.98 Å². The highest BCUT2D eigenvalue weighted by atomic mass is 16.6. The first-order valence-corrected chi connectivity index (χ1v) is 9.80. The van der Waals surface area contributed by atoms with Gasteiger partial charge < -0.3 is 19.2 Å². The van der Waals surface area contributed by atoms with Crippen LogP contribution < -0.4 is 14.8 Å². The maximum Gasteiger partial charge on any atom is 0.251 e. The van der Waals surface area contributed by atoms with E-state index in [1.165, 1.54) is 0 Å². The van der Waals surface area contributed by atoms with Gasteiger partial charge in [-0.1, -0.05) is 18.2 Å². The standard InChI is InChI=1S/C24H20N2O4/c1-15-2-8-19-21(12-15)30-24(26-19)17-5-3-16(4-6-17)14-25-23(27)18-7-9-20-22(13-18)29-11-10-28-20/h2-9,12-13H,10-11,14H2,1H3,(H,25,27). The summed E-state index contributed by atoms with van der Waals surface area (Å²) in [6.45, 7) is 3.46. The normalized spacial score (nSPS) is 12.7. The third-order valence-corrected chi connectivity index (χ3v) is 5.00. The minimum Gasteiger partial charge on any atom is -0.486 e. The molecule has 6 nitrogen and oxygen atoms in total. The third kappa shape index (κ3) is 3.59. The van der Waals surface area contributed by atoms with Crippen molar-refractivity contribution in [2.75, 3.05) is 13.2 Å². The summed E-state index contributed by atoms with van der Waals surface area (Å²) >= 11 is 0. The van der Waals surface area contributed by atoms with Gasteiger partial charge in [-0.05, 0) is 60.5 Å². The third-order valence-electron chi connectivity index (χ3n) is 5.00. The van der Waals surface area contributed by atoms with E-state index in [0.29, 0.717) is 42.7 Å². The van der Waals surface area contributed by atoms with Crippen LogP contribution >= 0.6 is 0 Å². The first-order valence-electron chi connectivity index (χ1n) is 9.80. The van der Waals surface area contributed by atoms with Crippen LogP contribution in [-0.2, 0) is 6.54 Å². The summed E-state index contributed by atoms with van der Waals surface area (Å²) in [6, 6.07) is 19.0. The van der Waals surface area contributed by atoms with Gasteiger partial charge in [0, 0.05) is 17.7 Å². The fourth-order valence-electron chi connectivity index (χ4n) is 3.39. The first-order chi connectivity index (χ1) is 14.7. The molecule has 0 fully saturated rings. The van der Waals surface area contributed by atoms with Crippen molar-refractivity contribution in [3.8, 4) is 23.0 Å². The van der Waals surface area contributed by atoms with Gasteiger partial charge in [-0.2, -0.15) is 0 Å². The molecule has 2 heterocycles. The van der Waals surface area contributed by atoms with Crippen molar-refractivity contribution in [2.45, 2.75) is 13.5 Å². The number of aryl methyl sites for hydroxylation is 1. The van der Waals surface area contributed by atoms with E-state index in [1.54, 1.807) is 18.2 Å². The maximum atomic E-state index is 12.5. The molecule has 3 aromatic carbocycles. The molecule has 1 N–H and O–H groups in total. The molecule has 30 heavy (non-hydrogen) atoms. The Balaban J connectivity index is 1.26. The van der Waals surface area contributed by atoms with E-state index in [2.05, 4.69) is 10.3 Å². The van der Waals surface area contributed by atoms with Crippen LogP contribution in [0.4, 0.5) is 0 Å². The molecule has 0 atom stereocenters. The van der Waals surface area contributed by atoms with E-state index in [4.69, 9.17) is 13.9 Å². The van der Waals surface area contributed by atoms with Crippen LogP contribution in [-0.4, -0.2) is 24.1 Å². The molecule has 5 rings (SSSR count). The predicted octanol–water partition coefficient (Wildman–Crippen LogP) is 4.50. The van der Waals surface area contributed by atoms with Gasteiger partial charge >= 0.3 is 0 Å². The van der Waals surface area contributed by atoms with Gasteiger partial charge in [0.25, 0.3) is 5.91 Å². The minimum atomic E-state index is -0.162. The largest absolute Gasteiger partial charge is 0.486 e. The second-order valence-corrected chi connectivity index (χ2v) is 7.23. The lowest BCUT2D eigenvalue weighted by molar-refractivity contribution is 0.0949. The molecule has 1 aliphatic heterocycles. The average molecular weight is 400 g/mol. The molecule has 150 valence electrons. The quantitative estimate of drug-likeness (QED) is 0.546. The lowest BCUT2D eigenvalue weighted by Gasteiger charge is -2.18. The van der Waals surface area contributed by atoms with Crippen molar-refractivity contribution < 1.29 is 18.7 Å². The smallest absolute Gasteiger partial charge is 0.251 e. The second-order valence-electron chi connectivity index (χ2n) is 7.23. The zero-order chi connectivity index (χ0) is 20.5. The number of carbonyl (C=O) groups excluding carboxylic acids is 1. The van der Waals surface area contributed by atoms with Crippen molar-refractivity contribution in [1.82, 2.24) is 10.3 Å². The second kappa shape index (κ2) is 7.55. The number of carbonyl (C=O) groups is 1. The zero-order valence-corrected chi connectivity index (χ0v) is 16.5. The maximum absolute atomic E-state index is 12.5. The number of benzene rings is 3. The van der Waals surface area contributed by atoms with Gasteiger partial charge in [-0.3, -0.25) is 4.79 Å². The molecule has 4 aromatic rings. The van der Waals surface area contributed by atoms with Crippen LogP contribution in [0.2, 0.25) is 0 Å². The number of oxazole rings is 1. The summed E-state index contributed by atoms with van der Waals surface area (Å²) in [4.78, 5) is 17.0. The van der Waals surface area contributed by atoms with Gasteiger partial charge in [0.15, 0.2) is 17.1 Å². The van der Waals surface area contributed by atoms with Crippen molar-refractivity contribution in [1.29, 1.82) is 0 Å². The Labute approximate surface area is 173 Å². The van der Waals surface area contributed by atoms with E-state index in [0.717, 1.165) is 27.8 Å². The molecule has 0 aliphatic carbocycles. The van der Waals surface area contributed by atoms with Crippen LogP contribution in [0.1, 0.15) is 21.5 Å². The van der Waals surface area contributed by atoms with Crippen LogP contribution in [0.3, 0.4) is 0 Å². The molecule has 0 radical (unpaired) electrons. The highest BCUT2D eigenvalue weighted by Gasteiger charge is 2.15. The van der Waals surface area contributed by atoms with Gasteiger partial charge in [-0.15, -0.1) is 0 Å². The number of ether oxygens (including phenoxy) is 2. The summed E-state index contributed by atoms with van der Waals surface area (Å²) in [6.07, 6.45) is 0. The van der Waals surface area contributed by atoms with Gasteiger partial charge in [0.2, 0.25) is 5.89 Å². The molecular weight excluding hydrogens is 380 g/mol. The molecular formula is C24H20N2O4. The monoisotopic (exact) mass is 400 g/mol. The molecule has 0 saturated carbocycles. The molecule has 0 spiro atoms. The van der Waals surface area contributed by atoms with Crippen molar-refractivity contribution >= 4 is 17.0 Å². The topological polar surface area (TPSA) is 73.6 Å². The Hall–Kier alpha value is -3.80. The van der Waals surface area contributed by atoms with E-state index < -0.39 is 0 Å². The molecule has 1 aromatic heterocycles. The fourth-order valence-corrected chi connectivity index (χ4v) is 3.39. The number of fused-ring (bicyclic) bond motifs is 2. The van der Waals surface area contributed by atoms with Gasteiger partial charge in [0.1, 0.15) is 18.7 Å². The van der Waals surface area contributed by atoms with Crippen molar-refractivity contribution in [3.63, 3.8) is 0 Å². The highest BCUT2D eigenvalue weighted by Crippen LogP contribution is 2.30. The molecule has 0 bridgehead atoms. The van der Waals surface area contributed by atoms with Crippen molar-refractivity contribution in [2.24, 2.45) is 0 Å². The number of hydrogen-bond acceptors (Lipinski definition) is 5.